The molecule has 1 aliphatic rings. The highest BCUT2D eigenvalue weighted by Crippen LogP contribution is 2.14. The van der Waals surface area contributed by atoms with Crippen molar-refractivity contribution in [3.05, 3.63) is 0 Å². The van der Waals surface area contributed by atoms with Crippen LogP contribution in [0.5, 0.6) is 0 Å². The minimum atomic E-state index is -3.40. The summed E-state index contributed by atoms with van der Waals surface area (Å²) < 4.78 is 28.8. The highest BCUT2D eigenvalue weighted by atomic mass is 32.2. The number of aliphatic hydroxyl groups is 1. The van der Waals surface area contributed by atoms with Gasteiger partial charge in [-0.2, -0.15) is 17.4 Å². The molecule has 0 aromatic carbocycles. The van der Waals surface area contributed by atoms with Gasteiger partial charge in [-0.3, -0.25) is 0 Å². The van der Waals surface area contributed by atoms with E-state index in [1.54, 1.807) is 4.31 Å². The predicted molar refractivity (Wildman–Crippen MR) is 72.4 cm³/mol. The second-order valence-corrected chi connectivity index (χ2v) is 7.00. The molecule has 0 aromatic heterocycles. The molecule has 1 fully saturated rings. The van der Waals surface area contributed by atoms with Gasteiger partial charge in [-0.1, -0.05) is 26.7 Å². The van der Waals surface area contributed by atoms with Crippen molar-refractivity contribution in [1.82, 2.24) is 9.03 Å². The van der Waals surface area contributed by atoms with Crippen LogP contribution in [-0.2, 0) is 10.2 Å². The van der Waals surface area contributed by atoms with Crippen LogP contribution in [0.3, 0.4) is 0 Å². The molecule has 1 atom stereocenters. The first-order valence-corrected chi connectivity index (χ1v) is 8.29. The van der Waals surface area contributed by atoms with E-state index >= 15 is 0 Å². The van der Waals surface area contributed by atoms with Gasteiger partial charge in [0.05, 0.1) is 0 Å². The van der Waals surface area contributed by atoms with Crippen LogP contribution in [0.25, 0.3) is 0 Å². The maximum absolute atomic E-state index is 12.3. The monoisotopic (exact) mass is 278 g/mol. The van der Waals surface area contributed by atoms with Crippen molar-refractivity contribution >= 4 is 10.2 Å². The van der Waals surface area contributed by atoms with Crippen LogP contribution >= 0.6 is 0 Å². The molecular formula is C12H26N2O3S. The fourth-order valence-corrected chi connectivity index (χ4v) is 3.88. The number of nitrogens with zero attached hydrogens (tertiary/aromatic N) is 1. The zero-order chi connectivity index (χ0) is 13.6. The first-order valence-electron chi connectivity index (χ1n) is 6.85. The lowest BCUT2D eigenvalue weighted by atomic mass is 10.0. The summed E-state index contributed by atoms with van der Waals surface area (Å²) in [6.07, 6.45) is 4.55. The molecule has 108 valence electrons. The molecule has 0 saturated carbocycles. The zero-order valence-electron chi connectivity index (χ0n) is 11.4. The third-order valence-corrected chi connectivity index (χ3v) is 5.10. The van der Waals surface area contributed by atoms with E-state index in [9.17, 15) is 8.42 Å². The number of nitrogens with one attached hydrogen (secondary N) is 1. The Kier molecular flexibility index (Phi) is 6.55. The Hall–Kier alpha value is -0.170. The smallest absolute Gasteiger partial charge is 0.279 e. The molecule has 6 heteroatoms. The predicted octanol–water partition coefficient (Wildman–Crippen LogP) is 1.10. The van der Waals surface area contributed by atoms with Crippen LogP contribution < -0.4 is 4.72 Å². The fraction of sp³-hybridized carbons (Fsp3) is 1.00. The lowest BCUT2D eigenvalue weighted by Crippen LogP contribution is -2.47. The number of hydrogen-bond acceptors (Lipinski definition) is 3. The number of hydrogen-bond donors (Lipinski definition) is 2. The normalized spacial score (nSPS) is 20.9. The third kappa shape index (κ3) is 4.84. The Balaban J connectivity index is 2.66. The summed E-state index contributed by atoms with van der Waals surface area (Å²) in [5.74, 6) is 0.180. The Morgan fingerprint density at radius 1 is 1.17 bits per heavy atom. The van der Waals surface area contributed by atoms with Crippen LogP contribution in [0.1, 0.15) is 46.0 Å². The lowest BCUT2D eigenvalue weighted by molar-refractivity contribution is 0.253. The van der Waals surface area contributed by atoms with Crippen LogP contribution in [0, 0.1) is 5.92 Å². The zero-order valence-corrected chi connectivity index (χ0v) is 12.2. The summed E-state index contributed by atoms with van der Waals surface area (Å²) in [6, 6.07) is -0.191. The van der Waals surface area contributed by atoms with Gasteiger partial charge in [-0.05, 0) is 25.2 Å². The quantitative estimate of drug-likeness (QED) is 0.764. The minimum absolute atomic E-state index is 0.00532. The van der Waals surface area contributed by atoms with E-state index in [0.29, 0.717) is 19.5 Å². The molecule has 0 aliphatic carbocycles. The minimum Gasteiger partial charge on any atom is -0.396 e. The van der Waals surface area contributed by atoms with Crippen molar-refractivity contribution in [1.29, 1.82) is 0 Å². The van der Waals surface area contributed by atoms with E-state index in [2.05, 4.69) is 4.72 Å². The van der Waals surface area contributed by atoms with Crippen molar-refractivity contribution < 1.29 is 13.5 Å². The van der Waals surface area contributed by atoms with Crippen molar-refractivity contribution in [3.63, 3.8) is 0 Å². The molecule has 0 aromatic rings. The molecule has 1 heterocycles. The Bertz CT molecular complexity index is 322. The number of aliphatic hydroxyl groups excluding tert-OH is 1. The SMILES string of the molecule is CC(C)C(CCO)NS(=O)(=O)N1CCCCCC1. The van der Waals surface area contributed by atoms with E-state index in [-0.39, 0.29) is 18.6 Å². The standard InChI is InChI=1S/C12H26N2O3S/c1-11(2)12(7-10-15)13-18(16,17)14-8-5-3-4-6-9-14/h11-13,15H,3-10H2,1-2H3. The molecule has 0 spiro atoms. The Morgan fingerprint density at radius 3 is 2.17 bits per heavy atom. The van der Waals surface area contributed by atoms with Crippen molar-refractivity contribution in [2.45, 2.75) is 52.0 Å². The molecule has 1 rings (SSSR count). The average Bonchev–Trinajstić information content (AvgIpc) is 2.57. The lowest BCUT2D eigenvalue weighted by Gasteiger charge is -2.26. The van der Waals surface area contributed by atoms with Gasteiger partial charge in [-0.25, -0.2) is 0 Å². The second-order valence-electron chi connectivity index (χ2n) is 5.30. The fourth-order valence-electron chi connectivity index (χ4n) is 2.22. The molecule has 0 radical (unpaired) electrons. The van der Waals surface area contributed by atoms with Crippen LogP contribution in [-0.4, -0.2) is 43.6 Å². The summed E-state index contributed by atoms with van der Waals surface area (Å²) in [5.41, 5.74) is 0. The van der Waals surface area contributed by atoms with Crippen molar-refractivity contribution in [2.24, 2.45) is 5.92 Å². The van der Waals surface area contributed by atoms with Gasteiger partial charge in [0, 0.05) is 25.7 Å². The van der Waals surface area contributed by atoms with Gasteiger partial charge in [0.25, 0.3) is 10.2 Å². The third-order valence-electron chi connectivity index (χ3n) is 3.45. The van der Waals surface area contributed by atoms with Crippen LogP contribution in [0.4, 0.5) is 0 Å². The maximum Gasteiger partial charge on any atom is 0.279 e. The van der Waals surface area contributed by atoms with Crippen LogP contribution in [0.15, 0.2) is 0 Å². The van der Waals surface area contributed by atoms with Crippen LogP contribution in [0.2, 0.25) is 0 Å². The van der Waals surface area contributed by atoms with Gasteiger partial charge in [0.1, 0.15) is 0 Å². The van der Waals surface area contributed by atoms with Crippen molar-refractivity contribution in [2.75, 3.05) is 19.7 Å². The molecule has 0 bridgehead atoms. The molecule has 1 aliphatic heterocycles. The number of rotatable bonds is 6. The Morgan fingerprint density at radius 2 is 1.72 bits per heavy atom. The second kappa shape index (κ2) is 7.43. The van der Waals surface area contributed by atoms with Gasteiger partial charge in [0.15, 0.2) is 0 Å². The van der Waals surface area contributed by atoms with Crippen molar-refractivity contribution in [3.8, 4) is 0 Å². The molecule has 18 heavy (non-hydrogen) atoms. The molecule has 2 N–H and O–H groups in total. The maximum atomic E-state index is 12.3. The first-order chi connectivity index (χ1) is 8.47. The van der Waals surface area contributed by atoms with E-state index in [1.807, 2.05) is 13.8 Å². The van der Waals surface area contributed by atoms with E-state index in [0.717, 1.165) is 25.7 Å². The van der Waals surface area contributed by atoms with Gasteiger partial charge in [-0.15, -0.1) is 0 Å². The molecule has 1 saturated heterocycles. The summed E-state index contributed by atoms with van der Waals surface area (Å²) in [7, 11) is -3.40. The summed E-state index contributed by atoms with van der Waals surface area (Å²) in [6.45, 7) is 5.15. The molecular weight excluding hydrogens is 252 g/mol. The summed E-state index contributed by atoms with van der Waals surface area (Å²) in [4.78, 5) is 0. The topological polar surface area (TPSA) is 69.6 Å². The Labute approximate surface area is 111 Å². The van der Waals surface area contributed by atoms with E-state index in [4.69, 9.17) is 5.11 Å². The average molecular weight is 278 g/mol. The molecule has 0 amide bonds. The highest BCUT2D eigenvalue weighted by Gasteiger charge is 2.26. The largest absolute Gasteiger partial charge is 0.396 e. The van der Waals surface area contributed by atoms with Gasteiger partial charge in [0.2, 0.25) is 0 Å². The highest BCUT2D eigenvalue weighted by molar-refractivity contribution is 7.87. The summed E-state index contributed by atoms with van der Waals surface area (Å²) in [5, 5.41) is 8.99. The molecule has 5 nitrogen and oxygen atoms in total. The van der Waals surface area contributed by atoms with E-state index < -0.39 is 10.2 Å². The molecule has 1 unspecified atom stereocenters. The van der Waals surface area contributed by atoms with Gasteiger partial charge >= 0.3 is 0 Å². The first kappa shape index (κ1) is 15.9. The van der Waals surface area contributed by atoms with E-state index in [1.165, 1.54) is 0 Å². The van der Waals surface area contributed by atoms with Gasteiger partial charge < -0.3 is 5.11 Å². The summed E-state index contributed by atoms with van der Waals surface area (Å²) >= 11 is 0.